The number of Topliss-reactive ketones (excluding diaryl/α,β-unsaturated/α-hetero) is 1. The summed E-state index contributed by atoms with van der Waals surface area (Å²) in [4.78, 5) is 34.5. The molecule has 2 fully saturated rings. The highest BCUT2D eigenvalue weighted by molar-refractivity contribution is 5.99. The van der Waals surface area contributed by atoms with Crippen LogP contribution in [0.3, 0.4) is 0 Å². The second kappa shape index (κ2) is 12.3. The molecule has 4 rings (SSSR count). The molecule has 0 bridgehead atoms. The summed E-state index contributed by atoms with van der Waals surface area (Å²) in [6.07, 6.45) is 1.85. The molecule has 2 saturated heterocycles. The molecule has 0 N–H and O–H groups in total. The SMILES string of the molecule is COCCN1C[C@H](C(=O)c2ccccc2)C(c2cccc(F)c2C)[C@H](C(=O)N2CCC(N(C)C)CC2)C1. The van der Waals surface area contributed by atoms with Crippen molar-refractivity contribution in [3.05, 3.63) is 71.0 Å². The molecule has 0 aromatic heterocycles. The first-order valence-electron chi connectivity index (χ1n) is 13.3. The Bertz CT molecular complexity index is 1070. The number of benzene rings is 2. The van der Waals surface area contributed by atoms with E-state index in [4.69, 9.17) is 4.74 Å². The number of halogens is 1. The van der Waals surface area contributed by atoms with Gasteiger partial charge in [-0.05, 0) is 51.1 Å². The number of ketones is 1. The summed E-state index contributed by atoms with van der Waals surface area (Å²) in [5.74, 6) is -1.55. The lowest BCUT2D eigenvalue weighted by Gasteiger charge is -2.45. The fourth-order valence-corrected chi connectivity index (χ4v) is 6.09. The molecule has 2 aromatic rings. The van der Waals surface area contributed by atoms with Crippen LogP contribution in [0.1, 0.15) is 40.2 Å². The van der Waals surface area contributed by atoms with Gasteiger partial charge in [0.05, 0.1) is 12.5 Å². The van der Waals surface area contributed by atoms with E-state index in [0.29, 0.717) is 56.5 Å². The second-order valence-corrected chi connectivity index (χ2v) is 10.7. The van der Waals surface area contributed by atoms with E-state index in [9.17, 15) is 14.0 Å². The van der Waals surface area contributed by atoms with Gasteiger partial charge in [0.1, 0.15) is 5.82 Å². The molecular weight excluding hydrogens is 469 g/mol. The van der Waals surface area contributed by atoms with Gasteiger partial charge in [-0.25, -0.2) is 4.39 Å². The second-order valence-electron chi connectivity index (χ2n) is 10.7. The monoisotopic (exact) mass is 509 g/mol. The summed E-state index contributed by atoms with van der Waals surface area (Å²) >= 11 is 0. The van der Waals surface area contributed by atoms with E-state index in [2.05, 4.69) is 23.9 Å². The number of rotatable bonds is 8. The molecule has 2 aliphatic rings. The third-order valence-electron chi connectivity index (χ3n) is 8.28. The number of likely N-dealkylation sites (tertiary alicyclic amines) is 2. The van der Waals surface area contributed by atoms with E-state index >= 15 is 0 Å². The van der Waals surface area contributed by atoms with Crippen LogP contribution in [-0.2, 0) is 9.53 Å². The molecule has 1 unspecified atom stereocenters. The molecule has 37 heavy (non-hydrogen) atoms. The maximum Gasteiger partial charge on any atom is 0.227 e. The molecule has 7 heteroatoms. The number of hydrogen-bond donors (Lipinski definition) is 0. The average molecular weight is 510 g/mol. The van der Waals surface area contributed by atoms with E-state index in [1.807, 2.05) is 41.3 Å². The summed E-state index contributed by atoms with van der Waals surface area (Å²) in [5.41, 5.74) is 1.91. The summed E-state index contributed by atoms with van der Waals surface area (Å²) in [7, 11) is 5.83. The van der Waals surface area contributed by atoms with Crippen LogP contribution in [0.5, 0.6) is 0 Å². The molecule has 200 valence electrons. The number of amides is 1. The third kappa shape index (κ3) is 6.11. The highest BCUT2D eigenvalue weighted by Crippen LogP contribution is 2.42. The van der Waals surface area contributed by atoms with E-state index in [0.717, 1.165) is 18.4 Å². The van der Waals surface area contributed by atoms with E-state index in [1.165, 1.54) is 6.07 Å². The van der Waals surface area contributed by atoms with Crippen LogP contribution in [0.25, 0.3) is 0 Å². The van der Waals surface area contributed by atoms with Crippen LogP contribution >= 0.6 is 0 Å². The van der Waals surface area contributed by atoms with Gasteiger partial charge in [-0.3, -0.25) is 14.5 Å². The molecular formula is C30H40FN3O3. The van der Waals surface area contributed by atoms with Gasteiger partial charge in [0.15, 0.2) is 5.78 Å². The van der Waals surface area contributed by atoms with Crippen LogP contribution in [0.15, 0.2) is 48.5 Å². The number of methoxy groups -OCH3 is 1. The average Bonchev–Trinajstić information content (AvgIpc) is 2.92. The topological polar surface area (TPSA) is 53.1 Å². The zero-order valence-corrected chi connectivity index (χ0v) is 22.5. The molecule has 0 aliphatic carbocycles. The minimum atomic E-state index is -0.471. The zero-order valence-electron chi connectivity index (χ0n) is 22.5. The smallest absolute Gasteiger partial charge is 0.227 e. The summed E-state index contributed by atoms with van der Waals surface area (Å²) in [6, 6.07) is 14.8. The Morgan fingerprint density at radius 2 is 1.68 bits per heavy atom. The number of piperidine rings is 2. The molecule has 2 heterocycles. The van der Waals surface area contributed by atoms with Crippen molar-refractivity contribution in [2.45, 2.75) is 31.7 Å². The van der Waals surface area contributed by atoms with Gasteiger partial charge in [0.25, 0.3) is 0 Å². The van der Waals surface area contributed by atoms with Crippen LogP contribution in [-0.4, -0.2) is 93.0 Å². The van der Waals surface area contributed by atoms with Crippen LogP contribution in [0.4, 0.5) is 4.39 Å². The Morgan fingerprint density at radius 1 is 1.00 bits per heavy atom. The molecule has 0 radical (unpaired) electrons. The van der Waals surface area contributed by atoms with Gasteiger partial charge < -0.3 is 14.5 Å². The predicted octanol–water partition coefficient (Wildman–Crippen LogP) is 3.85. The lowest BCUT2D eigenvalue weighted by Crippen LogP contribution is -2.55. The number of hydrogen-bond acceptors (Lipinski definition) is 5. The predicted molar refractivity (Wildman–Crippen MR) is 143 cm³/mol. The van der Waals surface area contributed by atoms with Crippen molar-refractivity contribution in [2.24, 2.45) is 11.8 Å². The number of carbonyl (C=O) groups excluding carboxylic acids is 2. The maximum atomic E-state index is 14.8. The standard InChI is InChI=1S/C30H40FN3O3/c1-21-24(11-8-12-27(21)31)28-25(29(35)22-9-6-5-7-10-22)19-33(17-18-37-4)20-26(28)30(36)34-15-13-23(14-16-34)32(2)3/h5-12,23,25-26,28H,13-20H2,1-4H3/t25-,26+,28?/m0/s1. The number of ether oxygens (including phenoxy) is 1. The lowest BCUT2D eigenvalue weighted by molar-refractivity contribution is -0.140. The normalized spacial score (nSPS) is 23.4. The van der Waals surface area contributed by atoms with Crippen LogP contribution in [0.2, 0.25) is 0 Å². The van der Waals surface area contributed by atoms with Crippen molar-refractivity contribution in [1.82, 2.24) is 14.7 Å². The summed E-state index contributed by atoms with van der Waals surface area (Å²) < 4.78 is 20.2. The maximum absolute atomic E-state index is 14.8. The van der Waals surface area contributed by atoms with Crippen molar-refractivity contribution >= 4 is 11.7 Å². The molecule has 2 aromatic carbocycles. The van der Waals surface area contributed by atoms with E-state index in [-0.39, 0.29) is 17.5 Å². The van der Waals surface area contributed by atoms with E-state index in [1.54, 1.807) is 20.1 Å². The Morgan fingerprint density at radius 3 is 2.32 bits per heavy atom. The first kappa shape index (κ1) is 27.4. The largest absolute Gasteiger partial charge is 0.383 e. The zero-order chi connectivity index (χ0) is 26.5. The Hall–Kier alpha value is -2.61. The van der Waals surface area contributed by atoms with Gasteiger partial charge in [0, 0.05) is 63.3 Å². The molecule has 1 amide bonds. The van der Waals surface area contributed by atoms with Gasteiger partial charge in [-0.2, -0.15) is 0 Å². The van der Waals surface area contributed by atoms with Crippen molar-refractivity contribution < 1.29 is 18.7 Å². The number of carbonyl (C=O) groups is 2. The highest BCUT2D eigenvalue weighted by atomic mass is 19.1. The van der Waals surface area contributed by atoms with Gasteiger partial charge in [-0.15, -0.1) is 0 Å². The molecule has 0 saturated carbocycles. The molecule has 0 spiro atoms. The Labute approximate surface area is 220 Å². The van der Waals surface area contributed by atoms with E-state index < -0.39 is 17.8 Å². The Balaban J connectivity index is 1.73. The fourth-order valence-electron chi connectivity index (χ4n) is 6.09. The van der Waals surface area contributed by atoms with Crippen molar-refractivity contribution in [3.8, 4) is 0 Å². The first-order valence-corrected chi connectivity index (χ1v) is 13.3. The number of nitrogens with zero attached hydrogens (tertiary/aromatic N) is 3. The van der Waals surface area contributed by atoms with Gasteiger partial charge in [-0.1, -0.05) is 42.5 Å². The minimum Gasteiger partial charge on any atom is -0.383 e. The van der Waals surface area contributed by atoms with Gasteiger partial charge >= 0.3 is 0 Å². The van der Waals surface area contributed by atoms with Crippen molar-refractivity contribution in [3.63, 3.8) is 0 Å². The highest BCUT2D eigenvalue weighted by Gasteiger charge is 2.46. The minimum absolute atomic E-state index is 0.000457. The van der Waals surface area contributed by atoms with Crippen molar-refractivity contribution in [1.29, 1.82) is 0 Å². The Kier molecular flexibility index (Phi) is 9.11. The fraction of sp³-hybridized carbons (Fsp3) is 0.533. The van der Waals surface area contributed by atoms with Crippen molar-refractivity contribution in [2.75, 3.05) is 60.5 Å². The summed E-state index contributed by atoms with van der Waals surface area (Å²) in [6.45, 7) is 5.33. The molecule has 2 aliphatic heterocycles. The quantitative estimate of drug-likeness (QED) is 0.506. The third-order valence-corrected chi connectivity index (χ3v) is 8.28. The molecule has 3 atom stereocenters. The van der Waals surface area contributed by atoms with Gasteiger partial charge in [0.2, 0.25) is 5.91 Å². The van der Waals surface area contributed by atoms with Crippen LogP contribution in [0, 0.1) is 24.6 Å². The molecule has 6 nitrogen and oxygen atoms in total. The lowest BCUT2D eigenvalue weighted by atomic mass is 9.69. The summed E-state index contributed by atoms with van der Waals surface area (Å²) in [5, 5.41) is 0. The van der Waals surface area contributed by atoms with Crippen LogP contribution < -0.4 is 0 Å². The first-order chi connectivity index (χ1) is 17.8.